The summed E-state index contributed by atoms with van der Waals surface area (Å²) in [6, 6.07) is 0.793. The minimum atomic E-state index is -1.81. The van der Waals surface area contributed by atoms with Crippen molar-refractivity contribution in [1.82, 2.24) is 62.6 Å². The molecule has 2 unspecified atom stereocenters. The van der Waals surface area contributed by atoms with E-state index in [2.05, 4.69) is 52.8 Å². The van der Waals surface area contributed by atoms with Gasteiger partial charge in [0.2, 0.25) is 70.9 Å². The first kappa shape index (κ1) is 73.7. The van der Waals surface area contributed by atoms with Crippen molar-refractivity contribution in [3.05, 3.63) is 71.4 Å². The van der Waals surface area contributed by atoms with E-state index in [1.807, 2.05) is 36.4 Å². The lowest BCUT2D eigenvalue weighted by atomic mass is 10.0. The van der Waals surface area contributed by atoms with Crippen molar-refractivity contribution >= 4 is 111 Å². The van der Waals surface area contributed by atoms with Crippen LogP contribution in [0.3, 0.4) is 0 Å². The highest BCUT2D eigenvalue weighted by Crippen LogP contribution is 2.25. The molecule has 17 N–H and O–H groups in total. The minimum Gasteiger partial charge on any atom is -0.481 e. The van der Waals surface area contributed by atoms with Crippen LogP contribution in [0.15, 0.2) is 54.7 Å². The van der Waals surface area contributed by atoms with Crippen molar-refractivity contribution in [2.45, 2.75) is 157 Å². The molecule has 10 atom stereocenters. The molecule has 2 bridgehead atoms. The van der Waals surface area contributed by atoms with Crippen molar-refractivity contribution in [2.24, 2.45) is 17.4 Å². The number of para-hydroxylation sites is 1. The number of carbonyl (C=O) groups is 13. The van der Waals surface area contributed by atoms with Crippen LogP contribution in [0.1, 0.15) is 95.2 Å². The topological polar surface area (TPSA) is 465 Å². The molecule has 2 saturated heterocycles. The molecule has 3 aliphatic heterocycles. The largest absolute Gasteiger partial charge is 0.481 e. The zero-order chi connectivity index (χ0) is 67.9. The van der Waals surface area contributed by atoms with Gasteiger partial charge in [-0.25, -0.2) is 0 Å². The summed E-state index contributed by atoms with van der Waals surface area (Å²) >= 11 is 2.41. The number of thioether (sulfide) groups is 2. The van der Waals surface area contributed by atoms with Crippen molar-refractivity contribution in [3.63, 3.8) is 0 Å². The minimum absolute atomic E-state index is 0.0331. The number of unbranched alkanes of at least 4 members (excludes halogenated alkanes) is 1. The SMILES string of the molecule is CC(=O)NC(CO)C(=O)N[C@H]1CSCc2cccc(c2)CSC[C@@H](C(=O)N[C@@H](CCCCN)C(=O)N2CCC[C@H]2C(=O)N[C@@H](Cc2c[nH]c3ccccc23)C(=O)NCC(=O)N2CCCC2C(N)=O)NC(=O)[C@H](C(C)C)NC(=O)[C@H](CO)NC(=O)[C@H](CCC(=O)O)NC1=O. The first-order chi connectivity index (χ1) is 44.4. The number of carboxylic acids is 1. The number of nitrogens with two attached hydrogens (primary N) is 2. The zero-order valence-electron chi connectivity index (χ0n) is 52.2. The monoisotopic (exact) mass is 1330 g/mol. The van der Waals surface area contributed by atoms with Gasteiger partial charge in [0.25, 0.3) is 0 Å². The van der Waals surface area contributed by atoms with Gasteiger partial charge in [-0.1, -0.05) is 56.3 Å². The van der Waals surface area contributed by atoms with Crippen molar-refractivity contribution in [2.75, 3.05) is 50.9 Å². The third kappa shape index (κ3) is 21.6. The third-order valence-electron chi connectivity index (χ3n) is 16.0. The number of benzene rings is 2. The van der Waals surface area contributed by atoms with E-state index in [-0.39, 0.29) is 61.9 Å². The summed E-state index contributed by atoms with van der Waals surface area (Å²) in [6.45, 7) is 2.47. The van der Waals surface area contributed by atoms with Gasteiger partial charge >= 0.3 is 5.97 Å². The molecule has 30 nitrogen and oxygen atoms in total. The number of primary amides is 1. The van der Waals surface area contributed by atoms with Crippen LogP contribution in [-0.2, 0) is 80.3 Å². The number of rotatable bonds is 24. The second-order valence-electron chi connectivity index (χ2n) is 23.4. The highest BCUT2D eigenvalue weighted by Gasteiger charge is 2.41. The van der Waals surface area contributed by atoms with Gasteiger partial charge in [0, 0.05) is 73.0 Å². The van der Waals surface area contributed by atoms with Crippen LogP contribution in [-0.4, -0.2) is 218 Å². The van der Waals surface area contributed by atoms with E-state index >= 15 is 0 Å². The zero-order valence-corrected chi connectivity index (χ0v) is 53.8. The number of nitrogens with one attached hydrogen (secondary N) is 10. The summed E-state index contributed by atoms with van der Waals surface area (Å²) in [5.41, 5.74) is 14.4. The van der Waals surface area contributed by atoms with Crippen molar-refractivity contribution < 1.29 is 77.6 Å². The average Bonchev–Trinajstić information content (AvgIpc) is 1.79. The van der Waals surface area contributed by atoms with Crippen molar-refractivity contribution in [1.29, 1.82) is 0 Å². The number of fused-ring (bicyclic) bond motifs is 3. The number of carboxylic acid groups (broad SMARTS) is 1. The van der Waals surface area contributed by atoms with E-state index in [0.29, 0.717) is 37.7 Å². The molecule has 3 aromatic rings. The standard InChI is InChI=1S/C61H86N14O16S2/c1-33(2)51-60(90)72-46(32-93-30-36-12-8-11-35(23-36)29-92-31-45(71-55(85)43(27-76)66-34(3)78)57(87)67-40(18-19-50(80)81)54(84)70-44(28-77)56(86)73-51)58(88)68-41(15-6-7-20-62)61(91)75-22-10-17-48(75)59(89)69-42(24-37-25-64-39-14-5-4-13-38(37)39)53(83)65-26-49(79)74-21-9-16-47(74)52(63)82/h4-5,8,11-14,23,25,33,40-48,51,64,76-77H,6-7,9-10,15-22,24,26-32,62H2,1-3H3,(H2,63,82)(H,65,83)(H,66,78)(H,67,87)(H,68,88)(H,69,89)(H,70,84)(H,71,85)(H,72,90)(H,73,86)(H,80,81)/t40-,41-,42-,43?,44-,45-,46-,47?,48-,51-/m0/s1. The van der Waals surface area contributed by atoms with Gasteiger partial charge in [-0.2, -0.15) is 23.5 Å². The van der Waals surface area contributed by atoms with Crippen LogP contribution in [0, 0.1) is 5.92 Å². The Morgan fingerprint density at radius 2 is 1.38 bits per heavy atom. The molecule has 32 heteroatoms. The lowest BCUT2D eigenvalue weighted by Gasteiger charge is -2.31. The molecule has 0 spiro atoms. The van der Waals surface area contributed by atoms with Crippen molar-refractivity contribution in [3.8, 4) is 0 Å². The quantitative estimate of drug-likeness (QED) is 0.0398. The van der Waals surface area contributed by atoms with E-state index in [9.17, 15) is 77.6 Å². The van der Waals surface area contributed by atoms with Crippen LogP contribution < -0.4 is 59.3 Å². The number of aliphatic carboxylic acids is 1. The highest BCUT2D eigenvalue weighted by molar-refractivity contribution is 7.98. The third-order valence-corrected chi connectivity index (χ3v) is 18.2. The normalized spacial score (nSPS) is 22.1. The molecular weight excluding hydrogens is 1250 g/mol. The molecule has 4 heterocycles. The number of likely N-dealkylation sites (tertiary alicyclic amines) is 2. The molecule has 0 radical (unpaired) electrons. The van der Waals surface area contributed by atoms with E-state index in [1.54, 1.807) is 32.2 Å². The maximum atomic E-state index is 15.0. The Hall–Kier alpha value is -8.33. The Morgan fingerprint density at radius 3 is 2.03 bits per heavy atom. The molecule has 6 rings (SSSR count). The number of hydrogen-bond donors (Lipinski definition) is 15. The van der Waals surface area contributed by atoms with E-state index in [0.717, 1.165) is 29.0 Å². The van der Waals surface area contributed by atoms with E-state index in [1.165, 1.54) is 33.3 Å². The summed E-state index contributed by atoms with van der Waals surface area (Å²) < 4.78 is 0. The first-order valence-electron chi connectivity index (χ1n) is 30.9. The molecule has 1 aromatic heterocycles. The number of amides is 12. The summed E-state index contributed by atoms with van der Waals surface area (Å²) in [5.74, 6) is -11.6. The maximum absolute atomic E-state index is 15.0. The first-order valence-corrected chi connectivity index (χ1v) is 33.2. The fraction of sp³-hybridized carbons (Fsp3) is 0.557. The van der Waals surface area contributed by atoms with Gasteiger partial charge in [-0.05, 0) is 86.6 Å². The fourth-order valence-electron chi connectivity index (χ4n) is 11.1. The number of carbonyl (C=O) groups excluding carboxylic acids is 12. The number of H-pyrrole nitrogens is 1. The van der Waals surface area contributed by atoms with E-state index < -0.39 is 176 Å². The van der Waals surface area contributed by atoms with Gasteiger partial charge in [0.05, 0.1) is 19.8 Å². The van der Waals surface area contributed by atoms with Gasteiger partial charge in [-0.15, -0.1) is 0 Å². The fourth-order valence-corrected chi connectivity index (χ4v) is 13.1. The van der Waals surface area contributed by atoms with Crippen LogP contribution in [0.25, 0.3) is 10.9 Å². The number of nitrogens with zero attached hydrogens (tertiary/aromatic N) is 2. The number of aromatic amines is 1. The average molecular weight is 1340 g/mol. The van der Waals surface area contributed by atoms with Gasteiger partial charge in [0.15, 0.2) is 0 Å². The molecule has 0 saturated carbocycles. The summed E-state index contributed by atoms with van der Waals surface area (Å²) in [4.78, 5) is 183. The number of aromatic nitrogens is 1. The molecule has 2 aromatic carbocycles. The van der Waals surface area contributed by atoms with Crippen LogP contribution in [0.4, 0.5) is 0 Å². The summed E-state index contributed by atoms with van der Waals surface area (Å²) in [6.07, 6.45) is 2.77. The molecule has 3 aliphatic rings. The number of aliphatic hydroxyl groups excluding tert-OH is 2. The van der Waals surface area contributed by atoms with Crippen LogP contribution >= 0.6 is 23.5 Å². The highest BCUT2D eigenvalue weighted by atomic mass is 32.2. The molecule has 93 heavy (non-hydrogen) atoms. The number of aliphatic hydroxyl groups is 2. The molecule has 0 aliphatic carbocycles. The number of hydrogen-bond acceptors (Lipinski definition) is 18. The van der Waals surface area contributed by atoms with Gasteiger partial charge < -0.3 is 89.4 Å². The molecular formula is C61H86N14O16S2. The Morgan fingerprint density at radius 1 is 0.720 bits per heavy atom. The lowest BCUT2D eigenvalue weighted by molar-refractivity contribution is -0.142. The molecule has 508 valence electrons. The maximum Gasteiger partial charge on any atom is 0.303 e. The summed E-state index contributed by atoms with van der Waals surface area (Å²) in [7, 11) is 0. The Bertz CT molecular complexity index is 3190. The molecule has 2 fully saturated rings. The second kappa shape index (κ2) is 36.2. The predicted octanol–water partition coefficient (Wildman–Crippen LogP) is -2.99. The van der Waals surface area contributed by atoms with Crippen LogP contribution in [0.2, 0.25) is 0 Å². The predicted molar refractivity (Wildman–Crippen MR) is 342 cm³/mol. The smallest absolute Gasteiger partial charge is 0.303 e. The lowest BCUT2D eigenvalue weighted by Crippen LogP contribution is -2.62. The molecule has 12 amide bonds. The van der Waals surface area contributed by atoms with Gasteiger partial charge in [0.1, 0.15) is 60.4 Å². The Kier molecular flexibility index (Phi) is 28.7. The summed E-state index contributed by atoms with van der Waals surface area (Å²) in [5, 5.41) is 53.8. The van der Waals surface area contributed by atoms with Crippen LogP contribution in [0.5, 0.6) is 0 Å². The van der Waals surface area contributed by atoms with E-state index in [4.69, 9.17) is 11.5 Å². The second-order valence-corrected chi connectivity index (χ2v) is 25.5. The Labute approximate surface area is 545 Å². The Balaban J connectivity index is 1.26. The van der Waals surface area contributed by atoms with Gasteiger partial charge in [-0.3, -0.25) is 62.3 Å².